The highest BCUT2D eigenvalue weighted by atomic mass is 15.4. The molecule has 0 saturated heterocycles. The van der Waals surface area contributed by atoms with E-state index in [1.54, 1.807) is 6.20 Å². The number of nitrogens with zero attached hydrogens (tertiary/aromatic N) is 3. The average Bonchev–Trinajstić information content (AvgIpc) is 2.65. The Morgan fingerprint density at radius 1 is 1.50 bits per heavy atom. The standard InChI is InChI=1S/C8H14N4/c9-8-3-1-2-7(8)6-12-5-4-10-11-12/h4-5,7-8H,1-3,6,9H2/t7-,8-/m1/s1. The molecule has 0 aliphatic heterocycles. The zero-order chi connectivity index (χ0) is 8.39. The van der Waals surface area contributed by atoms with Crippen LogP contribution in [-0.2, 0) is 6.54 Å². The van der Waals surface area contributed by atoms with Gasteiger partial charge in [-0.3, -0.25) is 4.68 Å². The van der Waals surface area contributed by atoms with Gasteiger partial charge in [0, 0.05) is 18.8 Å². The maximum Gasteiger partial charge on any atom is 0.0692 e. The second-order valence-electron chi connectivity index (χ2n) is 3.48. The first kappa shape index (κ1) is 7.73. The van der Waals surface area contributed by atoms with Crippen molar-refractivity contribution in [1.82, 2.24) is 15.0 Å². The summed E-state index contributed by atoms with van der Waals surface area (Å²) >= 11 is 0. The molecule has 0 amide bonds. The maximum atomic E-state index is 5.93. The van der Waals surface area contributed by atoms with Gasteiger partial charge in [0.05, 0.1) is 6.20 Å². The van der Waals surface area contributed by atoms with Crippen molar-refractivity contribution in [2.24, 2.45) is 11.7 Å². The van der Waals surface area contributed by atoms with Crippen molar-refractivity contribution in [1.29, 1.82) is 0 Å². The first-order valence-corrected chi connectivity index (χ1v) is 4.46. The van der Waals surface area contributed by atoms with Crippen molar-refractivity contribution in [3.63, 3.8) is 0 Å². The minimum absolute atomic E-state index is 0.370. The highest BCUT2D eigenvalue weighted by molar-refractivity contribution is 4.80. The molecule has 2 N–H and O–H groups in total. The normalized spacial score (nSPS) is 29.4. The topological polar surface area (TPSA) is 56.7 Å². The first-order valence-electron chi connectivity index (χ1n) is 4.46. The van der Waals surface area contributed by atoms with E-state index in [4.69, 9.17) is 5.73 Å². The summed E-state index contributed by atoms with van der Waals surface area (Å²) in [5.74, 6) is 0.603. The van der Waals surface area contributed by atoms with Crippen LogP contribution in [0, 0.1) is 5.92 Å². The van der Waals surface area contributed by atoms with E-state index in [1.165, 1.54) is 19.3 Å². The minimum Gasteiger partial charge on any atom is -0.327 e. The fourth-order valence-electron chi connectivity index (χ4n) is 1.86. The largest absolute Gasteiger partial charge is 0.327 e. The van der Waals surface area contributed by atoms with Gasteiger partial charge in [0.1, 0.15) is 0 Å². The van der Waals surface area contributed by atoms with E-state index in [9.17, 15) is 0 Å². The maximum absolute atomic E-state index is 5.93. The molecule has 1 aromatic heterocycles. The summed E-state index contributed by atoms with van der Waals surface area (Å²) in [5.41, 5.74) is 5.93. The molecule has 1 aliphatic carbocycles. The molecule has 0 unspecified atom stereocenters. The molecule has 1 aromatic rings. The van der Waals surface area contributed by atoms with E-state index in [2.05, 4.69) is 10.3 Å². The summed E-state index contributed by atoms with van der Waals surface area (Å²) in [6.45, 7) is 0.932. The number of hydrogen-bond donors (Lipinski definition) is 1. The third-order valence-corrected chi connectivity index (χ3v) is 2.61. The molecule has 0 aromatic carbocycles. The molecule has 2 atom stereocenters. The van der Waals surface area contributed by atoms with Gasteiger partial charge in [-0.15, -0.1) is 5.10 Å². The molecule has 4 heteroatoms. The zero-order valence-electron chi connectivity index (χ0n) is 7.06. The number of nitrogens with two attached hydrogens (primary N) is 1. The monoisotopic (exact) mass is 166 g/mol. The van der Waals surface area contributed by atoms with Gasteiger partial charge >= 0.3 is 0 Å². The highest BCUT2D eigenvalue weighted by Crippen LogP contribution is 2.24. The van der Waals surface area contributed by atoms with Gasteiger partial charge in [-0.05, 0) is 18.8 Å². The van der Waals surface area contributed by atoms with Crippen molar-refractivity contribution in [3.05, 3.63) is 12.4 Å². The van der Waals surface area contributed by atoms with Gasteiger partial charge in [0.2, 0.25) is 0 Å². The Labute approximate surface area is 71.8 Å². The van der Waals surface area contributed by atoms with Crippen LogP contribution in [0.1, 0.15) is 19.3 Å². The van der Waals surface area contributed by atoms with Gasteiger partial charge in [-0.1, -0.05) is 11.6 Å². The summed E-state index contributed by atoms with van der Waals surface area (Å²) in [4.78, 5) is 0. The van der Waals surface area contributed by atoms with Crippen LogP contribution < -0.4 is 5.73 Å². The number of rotatable bonds is 2. The Bertz CT molecular complexity index is 231. The predicted molar refractivity (Wildman–Crippen MR) is 45.3 cm³/mol. The molecule has 0 bridgehead atoms. The van der Waals surface area contributed by atoms with Crippen molar-refractivity contribution >= 4 is 0 Å². The molecule has 4 nitrogen and oxygen atoms in total. The lowest BCUT2D eigenvalue weighted by Crippen LogP contribution is -2.27. The average molecular weight is 166 g/mol. The lowest BCUT2D eigenvalue weighted by Gasteiger charge is -2.13. The second kappa shape index (κ2) is 3.23. The Balaban J connectivity index is 1.95. The molecule has 12 heavy (non-hydrogen) atoms. The summed E-state index contributed by atoms with van der Waals surface area (Å²) in [6, 6.07) is 0.370. The fourth-order valence-corrected chi connectivity index (χ4v) is 1.86. The smallest absolute Gasteiger partial charge is 0.0692 e. The summed E-state index contributed by atoms with van der Waals surface area (Å²) in [5, 5.41) is 7.69. The van der Waals surface area contributed by atoms with Gasteiger partial charge in [0.15, 0.2) is 0 Å². The SMILES string of the molecule is N[C@@H]1CCC[C@@H]1Cn1ccnn1. The predicted octanol–water partition coefficient (Wildman–Crippen LogP) is 0.405. The van der Waals surface area contributed by atoms with Crippen LogP contribution in [0.5, 0.6) is 0 Å². The van der Waals surface area contributed by atoms with Crippen LogP contribution >= 0.6 is 0 Å². The molecule has 1 aliphatic rings. The molecule has 1 saturated carbocycles. The molecule has 0 radical (unpaired) electrons. The molecule has 1 fully saturated rings. The lowest BCUT2D eigenvalue weighted by atomic mass is 10.1. The first-order chi connectivity index (χ1) is 5.86. The number of hydrogen-bond acceptors (Lipinski definition) is 3. The fraction of sp³-hybridized carbons (Fsp3) is 0.750. The Morgan fingerprint density at radius 2 is 2.42 bits per heavy atom. The van der Waals surface area contributed by atoms with Crippen molar-refractivity contribution in [2.75, 3.05) is 0 Å². The lowest BCUT2D eigenvalue weighted by molar-refractivity contribution is 0.385. The summed E-state index contributed by atoms with van der Waals surface area (Å²) in [6.07, 6.45) is 7.27. The zero-order valence-corrected chi connectivity index (χ0v) is 7.06. The molecule has 66 valence electrons. The highest BCUT2D eigenvalue weighted by Gasteiger charge is 2.24. The Morgan fingerprint density at radius 3 is 3.00 bits per heavy atom. The molecule has 1 heterocycles. The Kier molecular flexibility index (Phi) is 2.08. The van der Waals surface area contributed by atoms with Gasteiger partial charge in [-0.25, -0.2) is 0 Å². The van der Waals surface area contributed by atoms with Crippen LogP contribution in [0.2, 0.25) is 0 Å². The van der Waals surface area contributed by atoms with E-state index in [-0.39, 0.29) is 0 Å². The van der Waals surface area contributed by atoms with E-state index >= 15 is 0 Å². The van der Waals surface area contributed by atoms with Crippen LogP contribution in [-0.4, -0.2) is 21.0 Å². The summed E-state index contributed by atoms with van der Waals surface area (Å²) < 4.78 is 1.87. The van der Waals surface area contributed by atoms with Crippen LogP contribution in [0.25, 0.3) is 0 Å². The minimum atomic E-state index is 0.370. The van der Waals surface area contributed by atoms with Gasteiger partial charge in [0.25, 0.3) is 0 Å². The van der Waals surface area contributed by atoms with Crippen LogP contribution in [0.15, 0.2) is 12.4 Å². The van der Waals surface area contributed by atoms with Gasteiger partial charge < -0.3 is 5.73 Å². The van der Waals surface area contributed by atoms with Crippen LogP contribution in [0.3, 0.4) is 0 Å². The van der Waals surface area contributed by atoms with Crippen molar-refractivity contribution in [2.45, 2.75) is 31.8 Å². The number of aromatic nitrogens is 3. The van der Waals surface area contributed by atoms with E-state index in [0.29, 0.717) is 12.0 Å². The van der Waals surface area contributed by atoms with E-state index in [1.807, 2.05) is 10.9 Å². The molecular weight excluding hydrogens is 152 g/mol. The van der Waals surface area contributed by atoms with E-state index in [0.717, 1.165) is 6.54 Å². The molecule has 2 rings (SSSR count). The van der Waals surface area contributed by atoms with E-state index < -0.39 is 0 Å². The molecular formula is C8H14N4. The van der Waals surface area contributed by atoms with Crippen molar-refractivity contribution in [3.8, 4) is 0 Å². The quantitative estimate of drug-likeness (QED) is 0.692. The second-order valence-corrected chi connectivity index (χ2v) is 3.48. The van der Waals surface area contributed by atoms with Crippen molar-refractivity contribution < 1.29 is 0 Å². The third kappa shape index (κ3) is 1.48. The molecule has 0 spiro atoms. The third-order valence-electron chi connectivity index (χ3n) is 2.61. The van der Waals surface area contributed by atoms with Crippen LogP contribution in [0.4, 0.5) is 0 Å². The van der Waals surface area contributed by atoms with Gasteiger partial charge in [-0.2, -0.15) is 0 Å². The Hall–Kier alpha value is -0.900. The summed E-state index contributed by atoms with van der Waals surface area (Å²) in [7, 11) is 0.